The van der Waals surface area contributed by atoms with Gasteiger partial charge in [0.15, 0.2) is 5.96 Å². The zero-order valence-electron chi connectivity index (χ0n) is 18.8. The van der Waals surface area contributed by atoms with Crippen molar-refractivity contribution in [3.63, 3.8) is 0 Å². The number of pyridine rings is 1. The van der Waals surface area contributed by atoms with Crippen LogP contribution in [0.4, 0.5) is 10.2 Å². The Balaban J connectivity index is 0.00000289. The molecule has 1 aromatic heterocycles. The number of guanidine groups is 1. The van der Waals surface area contributed by atoms with Gasteiger partial charge in [0.05, 0.1) is 19.3 Å². The van der Waals surface area contributed by atoms with Gasteiger partial charge in [-0.05, 0) is 62.1 Å². The number of ether oxygens (including phenoxy) is 1. The van der Waals surface area contributed by atoms with Gasteiger partial charge in [0.1, 0.15) is 11.6 Å². The molecule has 2 aromatic rings. The average Bonchev–Trinajstić information content (AvgIpc) is 3.57. The van der Waals surface area contributed by atoms with E-state index in [1.165, 1.54) is 6.07 Å². The van der Waals surface area contributed by atoms with Crippen LogP contribution in [0.5, 0.6) is 0 Å². The lowest BCUT2D eigenvalue weighted by Crippen LogP contribution is -2.41. The number of rotatable bonds is 7. The Labute approximate surface area is 207 Å². The minimum absolute atomic E-state index is 0. The first kappa shape index (κ1) is 24.7. The van der Waals surface area contributed by atoms with Gasteiger partial charge < -0.3 is 20.3 Å². The third-order valence-electron chi connectivity index (χ3n) is 6.02. The standard InChI is InChI=1S/C24H32FN5O.HI/c1-3-26-23(29-17-24(8-9-24)20-5-4-6-21(25)14-20)28-15-19-7-10-27-22(13-19)30-11-12-31-18(2)16-30;/h4-7,10,13-14,18H,3,8-9,11-12,15-17H2,1-2H3,(H2,26,28,29);1H. The van der Waals surface area contributed by atoms with E-state index in [1.54, 1.807) is 12.1 Å². The van der Waals surface area contributed by atoms with Crippen LogP contribution in [0.25, 0.3) is 0 Å². The summed E-state index contributed by atoms with van der Waals surface area (Å²) < 4.78 is 19.3. The van der Waals surface area contributed by atoms with Crippen molar-refractivity contribution in [2.45, 2.75) is 44.8 Å². The van der Waals surface area contributed by atoms with Crippen LogP contribution in [0.15, 0.2) is 47.6 Å². The quantitative estimate of drug-likeness (QED) is 0.310. The zero-order chi connectivity index (χ0) is 21.7. The average molecular weight is 553 g/mol. The minimum atomic E-state index is -0.174. The normalized spacial score (nSPS) is 19.8. The Morgan fingerprint density at radius 3 is 2.84 bits per heavy atom. The van der Waals surface area contributed by atoms with E-state index in [0.29, 0.717) is 6.54 Å². The second-order valence-electron chi connectivity index (χ2n) is 8.49. The fourth-order valence-corrected chi connectivity index (χ4v) is 4.06. The third-order valence-corrected chi connectivity index (χ3v) is 6.02. The van der Waals surface area contributed by atoms with E-state index in [0.717, 1.165) is 68.5 Å². The molecule has 8 heteroatoms. The number of nitrogens with one attached hydrogen (secondary N) is 2. The van der Waals surface area contributed by atoms with Crippen LogP contribution in [-0.2, 0) is 16.7 Å². The molecule has 1 saturated carbocycles. The van der Waals surface area contributed by atoms with Crippen molar-refractivity contribution < 1.29 is 9.13 Å². The maximum absolute atomic E-state index is 13.7. The first-order chi connectivity index (χ1) is 15.1. The van der Waals surface area contributed by atoms with E-state index in [9.17, 15) is 4.39 Å². The van der Waals surface area contributed by atoms with Gasteiger partial charge in [0.2, 0.25) is 0 Å². The number of halogens is 2. The number of morpholine rings is 1. The lowest BCUT2D eigenvalue weighted by molar-refractivity contribution is 0.0529. The molecule has 0 radical (unpaired) electrons. The Kier molecular flexibility index (Phi) is 8.70. The summed E-state index contributed by atoms with van der Waals surface area (Å²) in [6.07, 6.45) is 4.20. The summed E-state index contributed by atoms with van der Waals surface area (Å²) in [4.78, 5) is 11.6. The molecule has 1 saturated heterocycles. The van der Waals surface area contributed by atoms with Crippen LogP contribution in [0, 0.1) is 5.82 Å². The van der Waals surface area contributed by atoms with Gasteiger partial charge in [-0.1, -0.05) is 12.1 Å². The second-order valence-corrected chi connectivity index (χ2v) is 8.49. The topological polar surface area (TPSA) is 61.8 Å². The zero-order valence-corrected chi connectivity index (χ0v) is 21.1. The van der Waals surface area contributed by atoms with Crippen molar-refractivity contribution >= 4 is 35.8 Å². The fourth-order valence-electron chi connectivity index (χ4n) is 4.06. The Morgan fingerprint density at radius 1 is 1.28 bits per heavy atom. The van der Waals surface area contributed by atoms with Crippen LogP contribution in [0.3, 0.4) is 0 Å². The largest absolute Gasteiger partial charge is 0.375 e. The molecule has 32 heavy (non-hydrogen) atoms. The molecule has 2 fully saturated rings. The van der Waals surface area contributed by atoms with Gasteiger partial charge in [0, 0.05) is 37.8 Å². The van der Waals surface area contributed by atoms with Crippen molar-refractivity contribution in [2.75, 3.05) is 37.7 Å². The summed E-state index contributed by atoms with van der Waals surface area (Å²) in [7, 11) is 0. The first-order valence-electron chi connectivity index (χ1n) is 11.2. The molecule has 0 bridgehead atoms. The van der Waals surface area contributed by atoms with Gasteiger partial charge in [-0.15, -0.1) is 24.0 Å². The summed E-state index contributed by atoms with van der Waals surface area (Å²) in [6, 6.07) is 11.1. The number of aromatic nitrogens is 1. The summed E-state index contributed by atoms with van der Waals surface area (Å²) in [5.41, 5.74) is 2.19. The molecule has 1 aromatic carbocycles. The van der Waals surface area contributed by atoms with E-state index >= 15 is 0 Å². The van der Waals surface area contributed by atoms with Crippen molar-refractivity contribution in [3.8, 4) is 0 Å². The molecule has 1 atom stereocenters. The van der Waals surface area contributed by atoms with E-state index in [1.807, 2.05) is 18.3 Å². The highest BCUT2D eigenvalue weighted by molar-refractivity contribution is 14.0. The highest BCUT2D eigenvalue weighted by Gasteiger charge is 2.44. The Hall–Kier alpha value is -1.94. The predicted molar refractivity (Wildman–Crippen MR) is 137 cm³/mol. The number of hydrogen-bond donors (Lipinski definition) is 2. The molecular formula is C24H33FIN5O. The highest BCUT2D eigenvalue weighted by atomic mass is 127. The molecule has 0 amide bonds. The molecule has 2 aliphatic rings. The molecule has 2 N–H and O–H groups in total. The van der Waals surface area contributed by atoms with Crippen LogP contribution in [0.1, 0.15) is 37.8 Å². The minimum Gasteiger partial charge on any atom is -0.375 e. The van der Waals surface area contributed by atoms with Gasteiger partial charge >= 0.3 is 0 Å². The van der Waals surface area contributed by atoms with Gasteiger partial charge in [0.25, 0.3) is 0 Å². The number of nitrogens with zero attached hydrogens (tertiary/aromatic N) is 3. The molecular weight excluding hydrogens is 520 g/mol. The second kappa shape index (κ2) is 11.3. The monoisotopic (exact) mass is 553 g/mol. The van der Waals surface area contributed by atoms with Gasteiger partial charge in [-0.25, -0.2) is 14.4 Å². The molecule has 1 aliphatic carbocycles. The van der Waals surface area contributed by atoms with E-state index in [-0.39, 0.29) is 41.3 Å². The maximum atomic E-state index is 13.7. The summed E-state index contributed by atoms with van der Waals surface area (Å²) in [6.45, 7) is 8.68. The molecule has 2 heterocycles. The van der Waals surface area contributed by atoms with Crippen molar-refractivity contribution in [1.82, 2.24) is 15.6 Å². The van der Waals surface area contributed by atoms with Gasteiger partial charge in [-0.2, -0.15) is 0 Å². The molecule has 1 aliphatic heterocycles. The number of anilines is 1. The lowest BCUT2D eigenvalue weighted by atomic mass is 9.96. The highest BCUT2D eigenvalue weighted by Crippen LogP contribution is 2.47. The van der Waals surface area contributed by atoms with Crippen LogP contribution in [-0.4, -0.2) is 49.8 Å². The molecule has 4 rings (SSSR count). The van der Waals surface area contributed by atoms with Gasteiger partial charge in [-0.3, -0.25) is 0 Å². The smallest absolute Gasteiger partial charge is 0.191 e. The molecule has 174 valence electrons. The lowest BCUT2D eigenvalue weighted by Gasteiger charge is -2.32. The number of hydrogen-bond acceptors (Lipinski definition) is 4. The molecule has 0 spiro atoms. The van der Waals surface area contributed by atoms with E-state index in [4.69, 9.17) is 9.73 Å². The summed E-state index contributed by atoms with van der Waals surface area (Å²) in [5, 5.41) is 6.79. The number of aliphatic imine (C=N–C) groups is 1. The summed E-state index contributed by atoms with van der Waals surface area (Å²) in [5.74, 6) is 1.58. The fraction of sp³-hybridized carbons (Fsp3) is 0.500. The number of benzene rings is 1. The van der Waals surface area contributed by atoms with Crippen LogP contribution >= 0.6 is 24.0 Å². The van der Waals surface area contributed by atoms with Crippen molar-refractivity contribution in [1.29, 1.82) is 0 Å². The Bertz CT molecular complexity index is 921. The first-order valence-corrected chi connectivity index (χ1v) is 11.2. The van der Waals surface area contributed by atoms with E-state index in [2.05, 4.69) is 40.4 Å². The SMILES string of the molecule is CCNC(=NCc1ccnc(N2CCOC(C)C2)c1)NCC1(c2cccc(F)c2)CC1.I. The van der Waals surface area contributed by atoms with Crippen molar-refractivity contribution in [2.24, 2.45) is 4.99 Å². The summed E-state index contributed by atoms with van der Waals surface area (Å²) >= 11 is 0. The molecule has 1 unspecified atom stereocenters. The third kappa shape index (κ3) is 6.31. The predicted octanol–water partition coefficient (Wildman–Crippen LogP) is 3.85. The van der Waals surface area contributed by atoms with Crippen LogP contribution in [0.2, 0.25) is 0 Å². The van der Waals surface area contributed by atoms with Crippen LogP contribution < -0.4 is 15.5 Å². The maximum Gasteiger partial charge on any atom is 0.191 e. The molecule has 6 nitrogen and oxygen atoms in total. The van der Waals surface area contributed by atoms with Crippen molar-refractivity contribution in [3.05, 3.63) is 59.5 Å². The Morgan fingerprint density at radius 2 is 2.12 bits per heavy atom. The van der Waals surface area contributed by atoms with E-state index < -0.39 is 0 Å².